The van der Waals surface area contributed by atoms with E-state index in [2.05, 4.69) is 13.8 Å². The summed E-state index contributed by atoms with van der Waals surface area (Å²) in [6.45, 7) is 6.34. The zero-order valence-corrected chi connectivity index (χ0v) is 17.2. The molecule has 1 aromatic heterocycles. The number of carbonyl (C=O) groups is 1. The smallest absolute Gasteiger partial charge is 0.476 e. The van der Waals surface area contributed by atoms with Crippen molar-refractivity contribution in [3.05, 3.63) is 50.4 Å². The van der Waals surface area contributed by atoms with Gasteiger partial charge >= 0.3 is 51.4 Å². The van der Waals surface area contributed by atoms with E-state index in [-0.39, 0.29) is 58.0 Å². The Labute approximate surface area is 177 Å². The average molecular weight is 341 g/mol. The van der Waals surface area contributed by atoms with Gasteiger partial charge in [0.25, 0.3) is 5.97 Å². The Hall–Kier alpha value is -0.664. The summed E-state index contributed by atoms with van der Waals surface area (Å²) in [4.78, 5) is 37.0. The molecular weight excluding hydrogens is 321 g/mol. The van der Waals surface area contributed by atoms with Gasteiger partial charge in [-0.25, -0.2) is 0 Å². The second kappa shape index (κ2) is 8.99. The van der Waals surface area contributed by atoms with E-state index in [1.165, 1.54) is 4.57 Å². The fourth-order valence-corrected chi connectivity index (χ4v) is 2.37. The molecule has 0 fully saturated rings. The molecule has 0 amide bonds. The molecule has 0 spiro atoms. The van der Waals surface area contributed by atoms with Crippen molar-refractivity contribution in [3.63, 3.8) is 0 Å². The Morgan fingerprint density at radius 1 is 1.26 bits per heavy atom. The number of ether oxygens (including phenoxy) is 1. The van der Waals surface area contributed by atoms with Gasteiger partial charge in [-0.2, -0.15) is 0 Å². The quantitative estimate of drug-likeness (QED) is 0.410. The molecular formula is C17H20KNO4. The third kappa shape index (κ3) is 4.45. The molecule has 23 heavy (non-hydrogen) atoms. The van der Waals surface area contributed by atoms with Gasteiger partial charge in [-0.3, -0.25) is 9.59 Å². The van der Waals surface area contributed by atoms with Gasteiger partial charge in [-0.1, -0.05) is 32.0 Å². The van der Waals surface area contributed by atoms with E-state index in [1.54, 1.807) is 31.2 Å². The summed E-state index contributed by atoms with van der Waals surface area (Å²) < 4.78 is 6.37. The fourth-order valence-electron chi connectivity index (χ4n) is 2.37. The first kappa shape index (κ1) is 20.4. The third-order valence-corrected chi connectivity index (χ3v) is 3.54. The van der Waals surface area contributed by atoms with Crippen LogP contribution in [0.2, 0.25) is 0 Å². The number of hydrogen-bond acceptors (Lipinski definition) is 4. The second-order valence-corrected chi connectivity index (χ2v) is 5.58. The Kier molecular flexibility index (Phi) is 7.96. The summed E-state index contributed by atoms with van der Waals surface area (Å²) in [5.74, 6) is -0.440. The fraction of sp³-hybridized carbons (Fsp3) is 0.412. The Balaban J connectivity index is 0.00000264. The van der Waals surface area contributed by atoms with E-state index < -0.39 is 22.5 Å². The topological polar surface area (TPSA) is 65.4 Å². The second-order valence-electron chi connectivity index (χ2n) is 5.58. The third-order valence-electron chi connectivity index (χ3n) is 3.54. The van der Waals surface area contributed by atoms with Gasteiger partial charge < -0.3 is 14.1 Å². The van der Waals surface area contributed by atoms with E-state index in [0.717, 1.165) is 6.42 Å². The van der Waals surface area contributed by atoms with Crippen molar-refractivity contribution in [2.24, 2.45) is 5.92 Å². The predicted octanol–water partition coefficient (Wildman–Crippen LogP) is -0.693. The van der Waals surface area contributed by atoms with Gasteiger partial charge in [0, 0.05) is 17.5 Å². The van der Waals surface area contributed by atoms with E-state index >= 15 is 0 Å². The molecule has 0 bridgehead atoms. The van der Waals surface area contributed by atoms with Crippen molar-refractivity contribution in [2.75, 3.05) is 6.61 Å². The normalized spacial score (nSPS) is 10.6. The van der Waals surface area contributed by atoms with E-state index in [4.69, 9.17) is 4.74 Å². The molecule has 0 unspecified atom stereocenters. The van der Waals surface area contributed by atoms with Crippen LogP contribution in [0.1, 0.15) is 37.6 Å². The van der Waals surface area contributed by atoms with Crippen LogP contribution in [0.15, 0.2) is 33.9 Å². The minimum Gasteiger partial charge on any atom is -0.476 e. The number of aryl methyl sites for hydroxylation is 1. The predicted molar refractivity (Wildman–Crippen MR) is 85.5 cm³/mol. The summed E-state index contributed by atoms with van der Waals surface area (Å²) in [5, 5.41) is 0.369. The molecule has 0 aliphatic carbocycles. The summed E-state index contributed by atoms with van der Waals surface area (Å²) in [6.07, 6.45) is 0.782. The van der Waals surface area contributed by atoms with Gasteiger partial charge in [-0.05, 0) is 24.8 Å². The average Bonchev–Trinajstić information content (AvgIpc) is 2.47. The van der Waals surface area contributed by atoms with Crippen molar-refractivity contribution in [1.29, 1.82) is 0 Å². The number of hydrogen-bond donors (Lipinski definition) is 0. The molecule has 0 aliphatic heterocycles. The molecule has 0 saturated heterocycles. The maximum Gasteiger partial charge on any atom is 1.00 e. The van der Waals surface area contributed by atoms with Crippen molar-refractivity contribution in [2.45, 2.75) is 33.7 Å². The van der Waals surface area contributed by atoms with Gasteiger partial charge in [0.15, 0.2) is 5.56 Å². The zero-order valence-electron chi connectivity index (χ0n) is 14.1. The Morgan fingerprint density at radius 3 is 2.52 bits per heavy atom. The van der Waals surface area contributed by atoms with Crippen LogP contribution in [0.25, 0.3) is 10.9 Å². The maximum absolute atomic E-state index is 12.6. The molecule has 0 radical (unpaired) electrons. The van der Waals surface area contributed by atoms with Gasteiger partial charge in [0.2, 0.25) is 0 Å². The molecule has 0 N–H and O–H groups in total. The molecule has 0 atom stereocenters. The molecule has 5 nitrogen and oxygen atoms in total. The number of benzene rings is 1. The van der Waals surface area contributed by atoms with Crippen molar-refractivity contribution in [3.8, 4) is 0 Å². The number of fused-ring (bicyclic) bond motifs is 1. The molecule has 118 valence electrons. The van der Waals surface area contributed by atoms with Crippen LogP contribution in [-0.2, 0) is 11.3 Å². The number of aromatic nitrogens is 1. The number of rotatable bonds is 5. The van der Waals surface area contributed by atoms with Crippen LogP contribution in [-0.4, -0.2) is 17.1 Å². The molecule has 2 aromatic rings. The largest absolute Gasteiger partial charge is 1.00 e. The molecule has 2 rings (SSSR count). The number of pyridine rings is 1. The first-order valence-electron chi connectivity index (χ1n) is 7.47. The van der Waals surface area contributed by atoms with Crippen molar-refractivity contribution >= 4 is 16.9 Å². The minimum absolute atomic E-state index is 0. The van der Waals surface area contributed by atoms with Crippen LogP contribution in [0.5, 0.6) is 0 Å². The molecule has 6 heteroatoms. The Bertz CT molecular complexity index is 804. The van der Waals surface area contributed by atoms with Crippen LogP contribution in [0.3, 0.4) is 0 Å². The molecule has 0 saturated carbocycles. The molecule has 1 heterocycles. The van der Waals surface area contributed by atoms with Gasteiger partial charge in [0.05, 0.1) is 6.61 Å². The van der Waals surface area contributed by atoms with E-state index in [9.17, 15) is 14.4 Å². The van der Waals surface area contributed by atoms with Crippen LogP contribution >= 0.6 is 0 Å². The summed E-state index contributed by atoms with van der Waals surface area (Å²) in [6, 6.07) is 6.85. The minimum atomic E-state index is -0.846. The monoisotopic (exact) mass is 341 g/mol. The van der Waals surface area contributed by atoms with Crippen LogP contribution in [0.4, 0.5) is 0 Å². The maximum atomic E-state index is 12.6. The van der Waals surface area contributed by atoms with Crippen LogP contribution in [0, 0.1) is 5.92 Å². The van der Waals surface area contributed by atoms with Crippen molar-refractivity contribution < 1.29 is 60.9 Å². The number of nitrogens with zero attached hydrogens (tertiary/aromatic N) is 1. The van der Waals surface area contributed by atoms with E-state index in [1.807, 2.05) is 0 Å². The first-order valence-corrected chi connectivity index (χ1v) is 7.47. The molecule has 0 aliphatic rings. The number of esters is 1. The van der Waals surface area contributed by atoms with Gasteiger partial charge in [-0.15, -0.1) is 11.5 Å². The summed E-state index contributed by atoms with van der Waals surface area (Å²) >= 11 is 0. The molecule has 1 aromatic carbocycles. The first-order chi connectivity index (χ1) is 10.5. The van der Waals surface area contributed by atoms with Gasteiger partial charge in [0.1, 0.15) is 0 Å². The number of para-hydroxylation sites is 1. The standard InChI is InChI=1S/C17H20NO4.K/c1-4-22-17(21)14-15(19)12-7-5-6-8-13(12)18(16(14)20)10-9-11(2)3;/h5-8,11H,4,9-10H2,1-3H3;/q-1;+1. The van der Waals surface area contributed by atoms with Crippen molar-refractivity contribution in [1.82, 2.24) is 4.57 Å². The van der Waals surface area contributed by atoms with Crippen LogP contribution < -0.4 is 62.4 Å². The zero-order chi connectivity index (χ0) is 16.3. The number of carbonyl (C=O) groups excluding carboxylic acids is 1. The summed E-state index contributed by atoms with van der Waals surface area (Å²) in [5.41, 5.74) is -0.960. The SMILES string of the molecule is CCOC(=O)[c-]1c(=O)c2ccccc2n(CCC(C)C)c1=O.[K+]. The summed E-state index contributed by atoms with van der Waals surface area (Å²) in [7, 11) is 0. The Morgan fingerprint density at radius 2 is 1.91 bits per heavy atom. The van der Waals surface area contributed by atoms with E-state index in [0.29, 0.717) is 23.4 Å².